The highest BCUT2D eigenvalue weighted by atomic mass is 32.2. The lowest BCUT2D eigenvalue weighted by Gasteiger charge is -2.18. The van der Waals surface area contributed by atoms with E-state index in [9.17, 15) is 9.18 Å². The number of aromatic nitrogens is 4. The van der Waals surface area contributed by atoms with Crippen LogP contribution < -0.4 is 5.32 Å². The second-order valence-corrected chi connectivity index (χ2v) is 7.99. The van der Waals surface area contributed by atoms with E-state index >= 15 is 0 Å². The van der Waals surface area contributed by atoms with E-state index in [2.05, 4.69) is 20.8 Å². The summed E-state index contributed by atoms with van der Waals surface area (Å²) in [5.41, 5.74) is 1.64. The average molecular weight is 426 g/mol. The lowest BCUT2D eigenvalue weighted by Crippen LogP contribution is -2.30. The van der Waals surface area contributed by atoms with Gasteiger partial charge in [0.2, 0.25) is 11.1 Å². The molecule has 0 saturated heterocycles. The van der Waals surface area contributed by atoms with Crippen LogP contribution in [-0.4, -0.2) is 31.9 Å². The molecule has 2 aromatic heterocycles. The first-order chi connectivity index (χ1) is 14.2. The number of para-hydroxylation sites is 1. The van der Waals surface area contributed by atoms with Crippen molar-refractivity contribution >= 4 is 29.0 Å². The van der Waals surface area contributed by atoms with Gasteiger partial charge in [0.15, 0.2) is 0 Å². The van der Waals surface area contributed by atoms with Crippen LogP contribution in [0.25, 0.3) is 5.69 Å². The first kappa shape index (κ1) is 19.3. The van der Waals surface area contributed by atoms with Crippen molar-refractivity contribution in [1.29, 1.82) is 0 Å². The highest BCUT2D eigenvalue weighted by molar-refractivity contribution is 7.99. The van der Waals surface area contributed by atoms with Crippen LogP contribution >= 0.6 is 23.1 Å². The van der Waals surface area contributed by atoms with E-state index in [1.165, 1.54) is 35.2 Å². The van der Waals surface area contributed by atoms with Crippen LogP contribution in [0.5, 0.6) is 0 Å². The van der Waals surface area contributed by atoms with Crippen molar-refractivity contribution in [2.75, 3.05) is 5.75 Å². The minimum atomic E-state index is -0.339. The van der Waals surface area contributed by atoms with E-state index in [0.717, 1.165) is 16.1 Å². The number of tetrazole rings is 1. The Morgan fingerprint density at radius 3 is 2.62 bits per heavy atom. The molecule has 0 aliphatic carbocycles. The summed E-state index contributed by atoms with van der Waals surface area (Å²) in [4.78, 5) is 13.6. The summed E-state index contributed by atoms with van der Waals surface area (Å²) in [5, 5.41) is 17.2. The Bertz CT molecular complexity index is 1070. The molecule has 0 spiro atoms. The van der Waals surface area contributed by atoms with E-state index in [-0.39, 0.29) is 23.5 Å². The fraction of sp³-hybridized carbons (Fsp3) is 0.100. The molecule has 4 rings (SSSR count). The minimum Gasteiger partial charge on any atom is -0.344 e. The van der Waals surface area contributed by atoms with Gasteiger partial charge >= 0.3 is 0 Å². The molecule has 0 fully saturated rings. The molecule has 1 unspecified atom stereocenters. The van der Waals surface area contributed by atoms with Gasteiger partial charge in [0, 0.05) is 4.88 Å². The summed E-state index contributed by atoms with van der Waals surface area (Å²) in [6.45, 7) is 0. The Labute approximate surface area is 174 Å². The Hall–Kier alpha value is -3.04. The molecule has 0 saturated carbocycles. The topological polar surface area (TPSA) is 72.7 Å². The smallest absolute Gasteiger partial charge is 0.231 e. The number of nitrogens with zero attached hydrogens (tertiary/aromatic N) is 4. The Balaban J connectivity index is 1.46. The van der Waals surface area contributed by atoms with Crippen LogP contribution in [0, 0.1) is 5.82 Å². The molecule has 1 atom stereocenters. The highest BCUT2D eigenvalue weighted by Crippen LogP contribution is 2.27. The van der Waals surface area contributed by atoms with Gasteiger partial charge in [-0.1, -0.05) is 48.2 Å². The molecule has 2 aromatic carbocycles. The molecule has 29 heavy (non-hydrogen) atoms. The molecule has 0 bridgehead atoms. The third kappa shape index (κ3) is 4.69. The summed E-state index contributed by atoms with van der Waals surface area (Å²) in [7, 11) is 0. The van der Waals surface area contributed by atoms with Crippen LogP contribution in [0.15, 0.2) is 77.3 Å². The number of thioether (sulfide) groups is 1. The van der Waals surface area contributed by atoms with Gasteiger partial charge < -0.3 is 5.32 Å². The number of rotatable bonds is 7. The van der Waals surface area contributed by atoms with Crippen molar-refractivity contribution in [1.82, 2.24) is 25.5 Å². The maximum absolute atomic E-state index is 13.3. The zero-order chi connectivity index (χ0) is 20.1. The number of thiophene rings is 1. The van der Waals surface area contributed by atoms with E-state index in [1.54, 1.807) is 16.8 Å². The summed E-state index contributed by atoms with van der Waals surface area (Å²) < 4.78 is 14.9. The van der Waals surface area contributed by atoms with Crippen LogP contribution in [0.2, 0.25) is 0 Å². The van der Waals surface area contributed by atoms with Crippen molar-refractivity contribution in [2.24, 2.45) is 0 Å². The molecule has 1 N–H and O–H groups in total. The van der Waals surface area contributed by atoms with Crippen LogP contribution in [0.3, 0.4) is 0 Å². The van der Waals surface area contributed by atoms with Gasteiger partial charge in [0.1, 0.15) is 5.82 Å². The van der Waals surface area contributed by atoms with Crippen molar-refractivity contribution in [3.05, 3.63) is 88.4 Å². The molecule has 2 heterocycles. The van der Waals surface area contributed by atoms with E-state index in [4.69, 9.17) is 0 Å². The van der Waals surface area contributed by atoms with E-state index in [0.29, 0.717) is 5.16 Å². The first-order valence-corrected chi connectivity index (χ1v) is 10.6. The van der Waals surface area contributed by atoms with Gasteiger partial charge in [-0.15, -0.1) is 16.4 Å². The maximum atomic E-state index is 13.3. The predicted octanol–water partition coefficient (Wildman–Crippen LogP) is 3.86. The first-order valence-electron chi connectivity index (χ1n) is 8.75. The second kappa shape index (κ2) is 8.97. The number of carbonyl (C=O) groups is 1. The summed E-state index contributed by atoms with van der Waals surface area (Å²) >= 11 is 2.79. The molecule has 6 nitrogen and oxygen atoms in total. The van der Waals surface area contributed by atoms with Gasteiger partial charge in [0.25, 0.3) is 0 Å². The lowest BCUT2D eigenvalue weighted by molar-refractivity contribution is -0.119. The van der Waals surface area contributed by atoms with Crippen molar-refractivity contribution in [3.63, 3.8) is 0 Å². The van der Waals surface area contributed by atoms with Crippen LogP contribution in [0.4, 0.5) is 4.39 Å². The normalized spacial score (nSPS) is 11.9. The molecule has 1 amide bonds. The van der Waals surface area contributed by atoms with Gasteiger partial charge in [-0.3, -0.25) is 4.79 Å². The molecular formula is C20H16FN5OS2. The molecule has 0 aliphatic heterocycles. The summed E-state index contributed by atoms with van der Waals surface area (Å²) in [6.07, 6.45) is 0. The molecule has 0 aliphatic rings. The number of carbonyl (C=O) groups excluding carboxylic acids is 1. The standard InChI is InChI=1S/C20H16FN5OS2/c21-15-10-8-14(9-11-15)19(17-7-4-12-28-17)22-18(27)13-29-20-23-24-25-26(20)16-5-2-1-3-6-16/h1-12,19H,13H2,(H,22,27). The number of benzene rings is 2. The van der Waals surface area contributed by atoms with E-state index < -0.39 is 0 Å². The Morgan fingerprint density at radius 1 is 1.10 bits per heavy atom. The van der Waals surface area contributed by atoms with Crippen LogP contribution in [-0.2, 0) is 4.79 Å². The SMILES string of the molecule is O=C(CSc1nnnn1-c1ccccc1)NC(c1ccc(F)cc1)c1cccs1. The largest absolute Gasteiger partial charge is 0.344 e. The zero-order valence-electron chi connectivity index (χ0n) is 15.1. The molecule has 146 valence electrons. The Kier molecular flexibility index (Phi) is 5.97. The molecule has 0 radical (unpaired) electrons. The van der Waals surface area contributed by atoms with Crippen molar-refractivity contribution < 1.29 is 9.18 Å². The van der Waals surface area contributed by atoms with Gasteiger partial charge in [-0.25, -0.2) is 4.39 Å². The molecule has 9 heteroatoms. The fourth-order valence-corrected chi connectivity index (χ4v) is 4.27. The number of halogens is 1. The second-order valence-electron chi connectivity index (χ2n) is 6.06. The van der Waals surface area contributed by atoms with Crippen molar-refractivity contribution in [2.45, 2.75) is 11.2 Å². The number of amides is 1. The number of nitrogens with one attached hydrogen (secondary N) is 1. The summed E-state index contributed by atoms with van der Waals surface area (Å²) in [5.74, 6) is -0.329. The third-order valence-electron chi connectivity index (χ3n) is 4.11. The number of hydrogen-bond acceptors (Lipinski definition) is 6. The predicted molar refractivity (Wildman–Crippen MR) is 111 cm³/mol. The van der Waals surface area contributed by atoms with Gasteiger partial charge in [-0.2, -0.15) is 4.68 Å². The van der Waals surface area contributed by atoms with Crippen LogP contribution in [0.1, 0.15) is 16.5 Å². The zero-order valence-corrected chi connectivity index (χ0v) is 16.7. The fourth-order valence-electron chi connectivity index (χ4n) is 2.76. The maximum Gasteiger partial charge on any atom is 0.231 e. The molecular weight excluding hydrogens is 409 g/mol. The minimum absolute atomic E-state index is 0.149. The lowest BCUT2D eigenvalue weighted by atomic mass is 10.1. The summed E-state index contributed by atoms with van der Waals surface area (Å²) in [6, 6.07) is 19.2. The van der Waals surface area contributed by atoms with E-state index in [1.807, 2.05) is 47.8 Å². The van der Waals surface area contributed by atoms with Gasteiger partial charge in [0.05, 0.1) is 17.5 Å². The highest BCUT2D eigenvalue weighted by Gasteiger charge is 2.19. The van der Waals surface area contributed by atoms with Gasteiger partial charge in [-0.05, 0) is 51.7 Å². The quantitative estimate of drug-likeness (QED) is 0.455. The monoisotopic (exact) mass is 425 g/mol. The number of hydrogen-bond donors (Lipinski definition) is 1. The third-order valence-corrected chi connectivity index (χ3v) is 5.97. The Morgan fingerprint density at radius 2 is 1.90 bits per heavy atom. The molecule has 4 aromatic rings. The van der Waals surface area contributed by atoms with Crippen molar-refractivity contribution in [3.8, 4) is 5.69 Å². The average Bonchev–Trinajstić information content (AvgIpc) is 3.44.